The molecule has 0 fully saturated rings. The molecule has 2 aromatic heterocycles. The van der Waals surface area contributed by atoms with Gasteiger partial charge in [0.25, 0.3) is 5.56 Å². The Balaban J connectivity index is 1.64. The molecule has 0 aliphatic carbocycles. The first-order valence-corrected chi connectivity index (χ1v) is 11.6. The number of carbonyl (C=O) groups excluding carboxylic acids is 1. The van der Waals surface area contributed by atoms with Crippen molar-refractivity contribution in [2.75, 3.05) is 17.3 Å². The summed E-state index contributed by atoms with van der Waals surface area (Å²) in [6.07, 6.45) is 1.97. The highest BCUT2D eigenvalue weighted by Gasteiger charge is 2.16. The van der Waals surface area contributed by atoms with Gasteiger partial charge >= 0.3 is 0 Å². The molecule has 6 nitrogen and oxygen atoms in total. The molecule has 0 atom stereocenters. The van der Waals surface area contributed by atoms with Crippen molar-refractivity contribution in [3.63, 3.8) is 0 Å². The maximum absolute atomic E-state index is 13.4. The summed E-state index contributed by atoms with van der Waals surface area (Å²) in [5, 5.41) is 3.22. The smallest absolute Gasteiger partial charge is 0.283 e. The summed E-state index contributed by atoms with van der Waals surface area (Å²) < 4.78 is 14.8. The molecule has 2 aromatic carbocycles. The molecule has 4 aromatic rings. The molecule has 0 radical (unpaired) electrons. The number of anilines is 1. The fraction of sp³-hybridized carbons (Fsp3) is 0.136. The summed E-state index contributed by atoms with van der Waals surface area (Å²) >= 11 is 2.74. The van der Waals surface area contributed by atoms with Gasteiger partial charge in [0.1, 0.15) is 11.3 Å². The van der Waals surface area contributed by atoms with E-state index in [4.69, 9.17) is 0 Å². The predicted molar refractivity (Wildman–Crippen MR) is 124 cm³/mol. The van der Waals surface area contributed by atoms with Gasteiger partial charge in [0, 0.05) is 16.3 Å². The van der Waals surface area contributed by atoms with E-state index in [1.807, 2.05) is 37.4 Å². The highest BCUT2D eigenvalue weighted by molar-refractivity contribution is 7.99. The largest absolute Gasteiger partial charge is 0.353 e. The number of thioether (sulfide) groups is 2. The fourth-order valence-electron chi connectivity index (χ4n) is 3.12. The lowest BCUT2D eigenvalue weighted by Gasteiger charge is -2.12. The number of hydrogen-bond acceptors (Lipinski definition) is 5. The number of hydrogen-bond donors (Lipinski definition) is 2. The van der Waals surface area contributed by atoms with Crippen molar-refractivity contribution in [1.82, 2.24) is 14.5 Å². The molecule has 0 aliphatic rings. The van der Waals surface area contributed by atoms with Crippen LogP contribution < -0.4 is 10.9 Å². The molecule has 2 heterocycles. The van der Waals surface area contributed by atoms with Gasteiger partial charge in [0.05, 0.1) is 17.0 Å². The quantitative estimate of drug-likeness (QED) is 0.328. The number of benzene rings is 2. The van der Waals surface area contributed by atoms with Crippen molar-refractivity contribution in [1.29, 1.82) is 0 Å². The van der Waals surface area contributed by atoms with Crippen molar-refractivity contribution in [3.05, 3.63) is 76.5 Å². The van der Waals surface area contributed by atoms with E-state index in [2.05, 4.69) is 15.3 Å². The average Bonchev–Trinajstić information content (AvgIpc) is 3.14. The average molecular weight is 455 g/mol. The molecule has 0 aliphatic heterocycles. The maximum atomic E-state index is 13.4. The Morgan fingerprint density at radius 1 is 1.19 bits per heavy atom. The zero-order valence-electron chi connectivity index (χ0n) is 16.8. The Kier molecular flexibility index (Phi) is 6.15. The highest BCUT2D eigenvalue weighted by atomic mass is 32.2. The lowest BCUT2D eigenvalue weighted by Crippen LogP contribution is -2.23. The first kappa shape index (κ1) is 21.2. The van der Waals surface area contributed by atoms with Crippen LogP contribution in [0.3, 0.4) is 0 Å². The zero-order chi connectivity index (χ0) is 22.0. The molecule has 9 heteroatoms. The van der Waals surface area contributed by atoms with E-state index in [9.17, 15) is 14.0 Å². The van der Waals surface area contributed by atoms with E-state index < -0.39 is 5.82 Å². The molecule has 0 bridgehead atoms. The van der Waals surface area contributed by atoms with Gasteiger partial charge < -0.3 is 10.3 Å². The molecule has 0 spiro atoms. The summed E-state index contributed by atoms with van der Waals surface area (Å²) in [6, 6.07) is 14.9. The van der Waals surface area contributed by atoms with Crippen molar-refractivity contribution in [3.8, 4) is 5.69 Å². The van der Waals surface area contributed by atoms with E-state index in [1.54, 1.807) is 17.8 Å². The van der Waals surface area contributed by atoms with Crippen LogP contribution in [-0.2, 0) is 4.79 Å². The molecule has 4 rings (SSSR count). The summed E-state index contributed by atoms with van der Waals surface area (Å²) in [7, 11) is 0. The number of fused-ring (bicyclic) bond motifs is 1. The monoisotopic (exact) mass is 454 g/mol. The standard InChI is InChI=1S/C22H19FN4O2S2/c1-13-10-18-20(24-13)21(29)27(16-8-6-14(23)7-9-16)22(26-18)31-12-19(28)25-15-4-3-5-17(11-15)30-2/h3-11,24H,12H2,1-2H3,(H,25,28). The van der Waals surface area contributed by atoms with Gasteiger partial charge in [0.2, 0.25) is 5.91 Å². The zero-order valence-corrected chi connectivity index (χ0v) is 18.4. The summed E-state index contributed by atoms with van der Waals surface area (Å²) in [4.78, 5) is 34.3. The van der Waals surface area contributed by atoms with Gasteiger partial charge in [-0.3, -0.25) is 14.2 Å². The predicted octanol–water partition coefficient (Wildman–Crippen LogP) is 4.61. The van der Waals surface area contributed by atoms with Crippen molar-refractivity contribution >= 4 is 46.2 Å². The number of aromatic amines is 1. The third-order valence-corrected chi connectivity index (χ3v) is 6.19. The van der Waals surface area contributed by atoms with Gasteiger partial charge in [-0.15, -0.1) is 11.8 Å². The van der Waals surface area contributed by atoms with Crippen LogP contribution in [0.5, 0.6) is 0 Å². The number of amides is 1. The van der Waals surface area contributed by atoms with Gasteiger partial charge in [0.15, 0.2) is 5.16 Å². The lowest BCUT2D eigenvalue weighted by molar-refractivity contribution is -0.113. The second kappa shape index (κ2) is 8.99. The van der Waals surface area contributed by atoms with Crippen molar-refractivity contribution in [2.45, 2.75) is 17.0 Å². The molecular weight excluding hydrogens is 435 g/mol. The van der Waals surface area contributed by atoms with E-state index >= 15 is 0 Å². The Morgan fingerprint density at radius 3 is 2.71 bits per heavy atom. The molecule has 2 N–H and O–H groups in total. The van der Waals surface area contributed by atoms with Crippen LogP contribution in [0.4, 0.5) is 10.1 Å². The highest BCUT2D eigenvalue weighted by Crippen LogP contribution is 2.23. The van der Waals surface area contributed by atoms with Gasteiger partial charge in [-0.2, -0.15) is 0 Å². The first-order chi connectivity index (χ1) is 14.9. The second-order valence-corrected chi connectivity index (χ2v) is 8.61. The normalized spacial score (nSPS) is 11.1. The minimum atomic E-state index is -0.400. The summed E-state index contributed by atoms with van der Waals surface area (Å²) in [5.41, 5.74) is 2.57. The van der Waals surface area contributed by atoms with Gasteiger partial charge in [-0.25, -0.2) is 9.37 Å². The summed E-state index contributed by atoms with van der Waals surface area (Å²) in [6.45, 7) is 1.84. The van der Waals surface area contributed by atoms with E-state index in [1.165, 1.54) is 28.8 Å². The van der Waals surface area contributed by atoms with Crippen LogP contribution in [-0.4, -0.2) is 32.5 Å². The van der Waals surface area contributed by atoms with Crippen LogP contribution >= 0.6 is 23.5 Å². The molecule has 1 amide bonds. The molecule has 0 saturated carbocycles. The van der Waals surface area contributed by atoms with Gasteiger partial charge in [-0.1, -0.05) is 17.8 Å². The minimum absolute atomic E-state index is 0.0615. The molecule has 158 valence electrons. The number of halogens is 1. The molecule has 31 heavy (non-hydrogen) atoms. The number of aromatic nitrogens is 3. The topological polar surface area (TPSA) is 79.8 Å². The van der Waals surface area contributed by atoms with Crippen LogP contribution in [0.1, 0.15) is 5.69 Å². The van der Waals surface area contributed by atoms with Gasteiger partial charge in [-0.05, 0) is 61.7 Å². The third-order valence-electron chi connectivity index (χ3n) is 4.53. The lowest BCUT2D eigenvalue weighted by atomic mass is 10.3. The molecule has 0 unspecified atom stereocenters. The van der Waals surface area contributed by atoms with E-state index in [-0.39, 0.29) is 17.2 Å². The molecular formula is C22H19FN4O2S2. The van der Waals surface area contributed by atoms with E-state index in [0.29, 0.717) is 27.6 Å². The third kappa shape index (κ3) is 4.67. The first-order valence-electron chi connectivity index (χ1n) is 9.39. The second-order valence-electron chi connectivity index (χ2n) is 6.79. The Hall–Kier alpha value is -3.04. The number of rotatable bonds is 6. The maximum Gasteiger partial charge on any atom is 0.283 e. The van der Waals surface area contributed by atoms with Crippen LogP contribution in [0, 0.1) is 12.7 Å². The van der Waals surface area contributed by atoms with Crippen molar-refractivity contribution in [2.24, 2.45) is 0 Å². The Labute approximate surface area is 186 Å². The SMILES string of the molecule is CSc1cccc(NC(=O)CSc2nc3cc(C)[nH]c3c(=O)n2-c2ccc(F)cc2)c1. The van der Waals surface area contributed by atoms with Crippen LogP contribution in [0.25, 0.3) is 16.7 Å². The van der Waals surface area contributed by atoms with Crippen LogP contribution in [0.15, 0.2) is 69.4 Å². The van der Waals surface area contributed by atoms with Crippen LogP contribution in [0.2, 0.25) is 0 Å². The Bertz CT molecular complexity index is 1320. The van der Waals surface area contributed by atoms with E-state index in [0.717, 1.165) is 22.4 Å². The summed E-state index contributed by atoms with van der Waals surface area (Å²) in [5.74, 6) is -0.553. The minimum Gasteiger partial charge on any atom is -0.353 e. The number of H-pyrrole nitrogens is 1. The number of nitrogens with zero attached hydrogens (tertiary/aromatic N) is 2. The molecule has 0 saturated heterocycles. The Morgan fingerprint density at radius 2 is 1.97 bits per heavy atom. The fourth-order valence-corrected chi connectivity index (χ4v) is 4.39. The van der Waals surface area contributed by atoms with Crippen molar-refractivity contribution < 1.29 is 9.18 Å². The number of aryl methyl sites for hydroxylation is 1. The number of nitrogens with one attached hydrogen (secondary N) is 2. The number of carbonyl (C=O) groups is 1.